The highest BCUT2D eigenvalue weighted by molar-refractivity contribution is 9.10. The second-order valence-electron chi connectivity index (χ2n) is 4.12. The highest BCUT2D eigenvalue weighted by atomic mass is 79.9. The maximum Gasteiger partial charge on any atom is 0.0991 e. The fraction of sp³-hybridized carbons (Fsp3) is 0.133. The maximum atomic E-state index is 8.85. The number of hydrogen-bond acceptors (Lipinski definition) is 2. The van der Waals surface area contributed by atoms with E-state index in [-0.39, 0.29) is 0 Å². The Balaban J connectivity index is 2.11. The van der Waals surface area contributed by atoms with E-state index in [0.717, 1.165) is 15.7 Å². The predicted octanol–water partition coefficient (Wildman–Crippen LogP) is 4.24. The topological polar surface area (TPSA) is 35.8 Å². The van der Waals surface area contributed by atoms with Crippen molar-refractivity contribution in [1.82, 2.24) is 0 Å². The van der Waals surface area contributed by atoms with Gasteiger partial charge >= 0.3 is 0 Å². The number of nitriles is 1. The predicted molar refractivity (Wildman–Crippen MR) is 77.4 cm³/mol. The third-order valence-electron chi connectivity index (χ3n) is 2.74. The van der Waals surface area contributed by atoms with Crippen LogP contribution in [-0.4, -0.2) is 0 Å². The smallest absolute Gasteiger partial charge is 0.0991 e. The van der Waals surface area contributed by atoms with Gasteiger partial charge in [0.05, 0.1) is 11.6 Å². The third kappa shape index (κ3) is 3.12. The molecule has 0 bridgehead atoms. The molecule has 0 amide bonds. The molecule has 0 saturated carbocycles. The van der Waals surface area contributed by atoms with Crippen LogP contribution in [0.5, 0.6) is 0 Å². The monoisotopic (exact) mass is 300 g/mol. The molecule has 1 N–H and O–H groups in total. The lowest BCUT2D eigenvalue weighted by Crippen LogP contribution is -2.01. The second-order valence-corrected chi connectivity index (χ2v) is 5.04. The molecule has 0 atom stereocenters. The highest BCUT2D eigenvalue weighted by Gasteiger charge is 2.00. The van der Waals surface area contributed by atoms with E-state index in [4.69, 9.17) is 5.26 Å². The third-order valence-corrected chi connectivity index (χ3v) is 3.23. The Bertz CT molecular complexity index is 600. The lowest BCUT2D eigenvalue weighted by molar-refractivity contribution is 1.14. The van der Waals surface area contributed by atoms with E-state index in [9.17, 15) is 0 Å². The molecule has 0 aliphatic carbocycles. The summed E-state index contributed by atoms with van der Waals surface area (Å²) in [4.78, 5) is 0. The van der Waals surface area contributed by atoms with E-state index < -0.39 is 0 Å². The van der Waals surface area contributed by atoms with Gasteiger partial charge in [-0.25, -0.2) is 0 Å². The van der Waals surface area contributed by atoms with Crippen LogP contribution in [0, 0.1) is 18.3 Å². The summed E-state index contributed by atoms with van der Waals surface area (Å²) in [5.41, 5.74) is 4.11. The van der Waals surface area contributed by atoms with Crippen LogP contribution in [0.3, 0.4) is 0 Å². The standard InChI is InChI=1S/C15H13BrN2/c1-11-5-6-14(16)8-15(11)18-10-13-4-2-3-12(7-13)9-17/h2-8,18H,10H2,1H3. The Hall–Kier alpha value is -1.79. The molecule has 18 heavy (non-hydrogen) atoms. The number of nitrogens with one attached hydrogen (secondary N) is 1. The van der Waals surface area contributed by atoms with Gasteiger partial charge in [0, 0.05) is 16.7 Å². The largest absolute Gasteiger partial charge is 0.381 e. The molecule has 0 aliphatic heterocycles. The zero-order valence-corrected chi connectivity index (χ0v) is 11.7. The number of rotatable bonds is 3. The Labute approximate surface area is 115 Å². The van der Waals surface area contributed by atoms with Crippen molar-refractivity contribution in [3.8, 4) is 6.07 Å². The van der Waals surface area contributed by atoms with Crippen molar-refractivity contribution >= 4 is 21.6 Å². The lowest BCUT2D eigenvalue weighted by atomic mass is 10.1. The lowest BCUT2D eigenvalue weighted by Gasteiger charge is -2.10. The van der Waals surface area contributed by atoms with Crippen LogP contribution in [0.1, 0.15) is 16.7 Å². The average Bonchev–Trinajstić information content (AvgIpc) is 2.40. The normalized spacial score (nSPS) is 9.83. The summed E-state index contributed by atoms with van der Waals surface area (Å²) in [6.45, 7) is 2.79. The van der Waals surface area contributed by atoms with Crippen molar-refractivity contribution in [1.29, 1.82) is 5.26 Å². The van der Waals surface area contributed by atoms with Gasteiger partial charge in [-0.05, 0) is 42.3 Å². The van der Waals surface area contributed by atoms with Crippen LogP contribution < -0.4 is 5.32 Å². The molecule has 2 aromatic rings. The van der Waals surface area contributed by atoms with Gasteiger partial charge in [0.1, 0.15) is 0 Å². The van der Waals surface area contributed by atoms with Crippen molar-refractivity contribution in [2.24, 2.45) is 0 Å². The number of hydrogen-bond donors (Lipinski definition) is 1. The summed E-state index contributed by atoms with van der Waals surface area (Å²) < 4.78 is 1.06. The maximum absolute atomic E-state index is 8.85. The molecule has 3 heteroatoms. The summed E-state index contributed by atoms with van der Waals surface area (Å²) in [5.74, 6) is 0. The van der Waals surface area contributed by atoms with E-state index in [2.05, 4.69) is 46.4 Å². The first-order valence-electron chi connectivity index (χ1n) is 5.68. The van der Waals surface area contributed by atoms with Crippen LogP contribution in [0.4, 0.5) is 5.69 Å². The van der Waals surface area contributed by atoms with E-state index in [0.29, 0.717) is 12.1 Å². The Morgan fingerprint density at radius 2 is 2.06 bits per heavy atom. The Morgan fingerprint density at radius 3 is 2.83 bits per heavy atom. The fourth-order valence-corrected chi connectivity index (χ4v) is 2.09. The summed E-state index contributed by atoms with van der Waals surface area (Å²) in [6.07, 6.45) is 0. The van der Waals surface area contributed by atoms with E-state index in [1.54, 1.807) is 0 Å². The second kappa shape index (κ2) is 5.70. The van der Waals surface area contributed by atoms with Crippen LogP contribution in [0.15, 0.2) is 46.9 Å². The van der Waals surface area contributed by atoms with Crippen LogP contribution in [0.2, 0.25) is 0 Å². The van der Waals surface area contributed by atoms with Crippen LogP contribution >= 0.6 is 15.9 Å². The molecule has 0 fully saturated rings. The first-order chi connectivity index (χ1) is 8.69. The molecule has 0 spiro atoms. The highest BCUT2D eigenvalue weighted by Crippen LogP contribution is 2.21. The number of halogens is 1. The molecular formula is C15H13BrN2. The van der Waals surface area contributed by atoms with Gasteiger partial charge < -0.3 is 5.32 Å². The minimum atomic E-state index is 0.695. The van der Waals surface area contributed by atoms with Gasteiger partial charge in [-0.1, -0.05) is 34.1 Å². The summed E-state index contributed by atoms with van der Waals surface area (Å²) in [7, 11) is 0. The first kappa shape index (κ1) is 12.7. The van der Waals surface area contributed by atoms with Gasteiger partial charge in [-0.2, -0.15) is 5.26 Å². The van der Waals surface area contributed by atoms with E-state index in [1.807, 2.05) is 30.3 Å². The van der Waals surface area contributed by atoms with Crippen LogP contribution in [-0.2, 0) is 6.54 Å². The van der Waals surface area contributed by atoms with Gasteiger partial charge in [-0.15, -0.1) is 0 Å². The number of nitrogens with zero attached hydrogens (tertiary/aromatic N) is 1. The van der Waals surface area contributed by atoms with E-state index >= 15 is 0 Å². The zero-order valence-electron chi connectivity index (χ0n) is 10.1. The number of anilines is 1. The number of aryl methyl sites for hydroxylation is 1. The molecule has 2 aromatic carbocycles. The minimum absolute atomic E-state index is 0.695. The molecule has 0 radical (unpaired) electrons. The van der Waals surface area contributed by atoms with Crippen LogP contribution in [0.25, 0.3) is 0 Å². The molecule has 90 valence electrons. The molecule has 0 heterocycles. The SMILES string of the molecule is Cc1ccc(Br)cc1NCc1cccc(C#N)c1. The van der Waals surface area contributed by atoms with Crippen molar-refractivity contribution in [2.45, 2.75) is 13.5 Å². The Morgan fingerprint density at radius 1 is 1.22 bits per heavy atom. The molecule has 2 rings (SSSR count). The fourth-order valence-electron chi connectivity index (χ4n) is 1.73. The number of benzene rings is 2. The zero-order chi connectivity index (χ0) is 13.0. The first-order valence-corrected chi connectivity index (χ1v) is 6.47. The van der Waals surface area contributed by atoms with Crippen molar-refractivity contribution in [2.75, 3.05) is 5.32 Å². The molecule has 0 saturated heterocycles. The Kier molecular flexibility index (Phi) is 4.01. The van der Waals surface area contributed by atoms with Crippen molar-refractivity contribution in [3.63, 3.8) is 0 Å². The average molecular weight is 301 g/mol. The van der Waals surface area contributed by atoms with Gasteiger partial charge in [-0.3, -0.25) is 0 Å². The van der Waals surface area contributed by atoms with Crippen molar-refractivity contribution < 1.29 is 0 Å². The van der Waals surface area contributed by atoms with E-state index in [1.165, 1.54) is 5.56 Å². The van der Waals surface area contributed by atoms with Gasteiger partial charge in [0.15, 0.2) is 0 Å². The van der Waals surface area contributed by atoms with Crippen molar-refractivity contribution in [3.05, 3.63) is 63.6 Å². The quantitative estimate of drug-likeness (QED) is 0.920. The molecular weight excluding hydrogens is 288 g/mol. The van der Waals surface area contributed by atoms with Gasteiger partial charge in [0.2, 0.25) is 0 Å². The summed E-state index contributed by atoms with van der Waals surface area (Å²) in [5, 5.41) is 12.2. The summed E-state index contributed by atoms with van der Waals surface area (Å²) >= 11 is 3.46. The molecule has 0 aliphatic rings. The molecule has 0 unspecified atom stereocenters. The molecule has 0 aromatic heterocycles. The van der Waals surface area contributed by atoms with Gasteiger partial charge in [0.25, 0.3) is 0 Å². The summed E-state index contributed by atoms with van der Waals surface area (Å²) in [6, 6.07) is 15.9. The molecule has 2 nitrogen and oxygen atoms in total. The minimum Gasteiger partial charge on any atom is -0.381 e.